The molecule has 0 aliphatic rings. The summed E-state index contributed by atoms with van der Waals surface area (Å²) in [6.07, 6.45) is -0.0926. The van der Waals surface area contributed by atoms with E-state index < -0.39 is 16.7 Å². The van der Waals surface area contributed by atoms with Crippen LogP contribution in [-0.4, -0.2) is 16.7 Å². The molecule has 1 aromatic heterocycles. The molecule has 0 aliphatic heterocycles. The van der Waals surface area contributed by atoms with Crippen LogP contribution in [0.5, 0.6) is 0 Å². The summed E-state index contributed by atoms with van der Waals surface area (Å²) in [5, 5.41) is 1.54. The molecule has 0 saturated heterocycles. The lowest BCUT2D eigenvalue weighted by atomic mass is 10.2. The fourth-order valence-electron chi connectivity index (χ4n) is 1.18. The maximum Gasteiger partial charge on any atom is 0.311 e. The second-order valence-electron chi connectivity index (χ2n) is 4.43. The highest BCUT2D eigenvalue weighted by Gasteiger charge is 2.22. The molecule has 0 aliphatic carbocycles. The molecule has 0 saturated carbocycles. The number of thiophene rings is 1. The molecule has 0 radical (unpaired) electrons. The number of thiocarbonyl (C=S) groups is 1. The lowest BCUT2D eigenvalue weighted by Gasteiger charge is -2.19. The van der Waals surface area contributed by atoms with E-state index in [0.29, 0.717) is 4.88 Å². The largest absolute Gasteiger partial charge is 0.460 e. The van der Waals surface area contributed by atoms with Crippen LogP contribution in [0.25, 0.3) is 0 Å². The van der Waals surface area contributed by atoms with Gasteiger partial charge in [0.05, 0.1) is 16.6 Å². The molecule has 0 aromatic carbocycles. The molecule has 0 atom stereocenters. The molecule has 3 nitrogen and oxygen atoms in total. The topological polar surface area (TPSA) is 38.7 Å². The molecule has 0 unspecified atom stereocenters. The molecule has 0 spiro atoms. The Labute approximate surface area is 119 Å². The SMILES string of the molecule is CC(C)(C)OC(=O)Cc1sc(F)c(N=C=S)c1Cl. The van der Waals surface area contributed by atoms with Crippen molar-refractivity contribution in [1.82, 2.24) is 0 Å². The summed E-state index contributed by atoms with van der Waals surface area (Å²) >= 11 is 11.1. The molecule has 0 amide bonds. The van der Waals surface area contributed by atoms with E-state index in [-0.39, 0.29) is 17.1 Å². The number of carbonyl (C=O) groups is 1. The Bertz CT molecular complexity index is 516. The van der Waals surface area contributed by atoms with Crippen LogP contribution in [0.2, 0.25) is 5.02 Å². The van der Waals surface area contributed by atoms with E-state index in [1.807, 2.05) is 5.16 Å². The van der Waals surface area contributed by atoms with Gasteiger partial charge in [-0.15, -0.1) is 11.3 Å². The smallest absolute Gasteiger partial charge is 0.311 e. The number of esters is 1. The van der Waals surface area contributed by atoms with E-state index in [1.165, 1.54) is 0 Å². The first-order valence-electron chi connectivity index (χ1n) is 5.01. The van der Waals surface area contributed by atoms with Crippen LogP contribution >= 0.6 is 35.2 Å². The molecule has 1 heterocycles. The summed E-state index contributed by atoms with van der Waals surface area (Å²) in [6.45, 7) is 5.26. The first-order chi connectivity index (χ1) is 8.24. The van der Waals surface area contributed by atoms with Crippen LogP contribution in [0, 0.1) is 5.13 Å². The van der Waals surface area contributed by atoms with Crippen molar-refractivity contribution in [2.24, 2.45) is 4.99 Å². The second kappa shape index (κ2) is 5.89. The van der Waals surface area contributed by atoms with E-state index in [2.05, 4.69) is 17.2 Å². The summed E-state index contributed by atoms with van der Waals surface area (Å²) in [7, 11) is 0. The van der Waals surface area contributed by atoms with Crippen molar-refractivity contribution in [2.75, 3.05) is 0 Å². The standard InChI is InChI=1S/C11H11ClFNO2S2/c1-11(2,3)16-7(15)4-6-8(12)9(14-5-17)10(13)18-6/h4H2,1-3H3. The van der Waals surface area contributed by atoms with Gasteiger partial charge in [-0.25, -0.2) is 0 Å². The third-order valence-electron chi connectivity index (χ3n) is 1.73. The van der Waals surface area contributed by atoms with Crippen molar-refractivity contribution in [3.63, 3.8) is 0 Å². The zero-order valence-electron chi connectivity index (χ0n) is 10.0. The Morgan fingerprint density at radius 3 is 2.72 bits per heavy atom. The van der Waals surface area contributed by atoms with Gasteiger partial charge < -0.3 is 4.74 Å². The Morgan fingerprint density at radius 2 is 2.22 bits per heavy atom. The summed E-state index contributed by atoms with van der Waals surface area (Å²) in [4.78, 5) is 15.5. The van der Waals surface area contributed by atoms with E-state index >= 15 is 0 Å². The van der Waals surface area contributed by atoms with Gasteiger partial charge in [-0.05, 0) is 33.0 Å². The minimum absolute atomic E-state index is 0.0739. The number of isothiocyanates is 1. The zero-order valence-corrected chi connectivity index (χ0v) is 12.4. The molecule has 98 valence electrons. The van der Waals surface area contributed by atoms with Crippen LogP contribution in [0.15, 0.2) is 4.99 Å². The average Bonchev–Trinajstić information content (AvgIpc) is 2.43. The number of carbonyl (C=O) groups excluding carboxylic acids is 1. The lowest BCUT2D eigenvalue weighted by Crippen LogP contribution is -2.24. The third-order valence-corrected chi connectivity index (χ3v) is 3.31. The first kappa shape index (κ1) is 15.2. The van der Waals surface area contributed by atoms with E-state index in [1.54, 1.807) is 20.8 Å². The highest BCUT2D eigenvalue weighted by molar-refractivity contribution is 7.78. The molecular weight excluding hydrogens is 297 g/mol. The average molecular weight is 308 g/mol. The van der Waals surface area contributed by atoms with Gasteiger partial charge in [0.1, 0.15) is 11.3 Å². The molecule has 18 heavy (non-hydrogen) atoms. The highest BCUT2D eigenvalue weighted by atomic mass is 35.5. The van der Waals surface area contributed by atoms with Gasteiger partial charge in [-0.2, -0.15) is 9.38 Å². The van der Waals surface area contributed by atoms with Crippen LogP contribution < -0.4 is 0 Å². The van der Waals surface area contributed by atoms with E-state index in [9.17, 15) is 9.18 Å². The van der Waals surface area contributed by atoms with Gasteiger partial charge in [-0.3, -0.25) is 4.79 Å². The predicted molar refractivity (Wildman–Crippen MR) is 73.5 cm³/mol. The summed E-state index contributed by atoms with van der Waals surface area (Å²) in [5.41, 5.74) is -0.662. The summed E-state index contributed by atoms with van der Waals surface area (Å²) < 4.78 is 18.6. The van der Waals surface area contributed by atoms with Gasteiger partial charge in [0.2, 0.25) is 5.13 Å². The van der Waals surface area contributed by atoms with E-state index in [4.69, 9.17) is 16.3 Å². The third kappa shape index (κ3) is 4.14. The van der Waals surface area contributed by atoms with Crippen LogP contribution in [-0.2, 0) is 16.0 Å². The fraction of sp³-hybridized carbons (Fsp3) is 0.455. The number of hydrogen-bond donors (Lipinski definition) is 0. The first-order valence-corrected chi connectivity index (χ1v) is 6.61. The quantitative estimate of drug-likeness (QED) is 0.478. The summed E-state index contributed by atoms with van der Waals surface area (Å²) in [6, 6.07) is 0. The molecule has 0 fully saturated rings. The van der Waals surface area contributed by atoms with Gasteiger partial charge in [0, 0.05) is 4.88 Å². The normalized spacial score (nSPS) is 10.9. The molecular formula is C11H11ClFNO2S2. The van der Waals surface area contributed by atoms with Crippen molar-refractivity contribution in [3.8, 4) is 0 Å². The number of rotatable bonds is 3. The van der Waals surface area contributed by atoms with Crippen molar-refractivity contribution in [3.05, 3.63) is 15.0 Å². The highest BCUT2D eigenvalue weighted by Crippen LogP contribution is 2.38. The van der Waals surface area contributed by atoms with Crippen molar-refractivity contribution in [2.45, 2.75) is 32.8 Å². The number of ether oxygens (including phenoxy) is 1. The molecule has 0 N–H and O–H groups in total. The predicted octanol–water partition coefficient (Wildman–Crippen LogP) is 4.16. The maximum absolute atomic E-state index is 13.4. The van der Waals surface area contributed by atoms with E-state index in [0.717, 1.165) is 11.3 Å². The van der Waals surface area contributed by atoms with Crippen LogP contribution in [0.3, 0.4) is 0 Å². The van der Waals surface area contributed by atoms with Gasteiger partial charge in [0.25, 0.3) is 0 Å². The van der Waals surface area contributed by atoms with Gasteiger partial charge in [0.15, 0.2) is 0 Å². The zero-order chi connectivity index (χ0) is 13.9. The Hall–Kier alpha value is -0.810. The fourth-order valence-corrected chi connectivity index (χ4v) is 2.47. The number of aliphatic imine (C=N–C) groups is 1. The lowest BCUT2D eigenvalue weighted by molar-refractivity contribution is -0.153. The maximum atomic E-state index is 13.4. The molecule has 7 heteroatoms. The minimum atomic E-state index is -0.589. The molecule has 0 bridgehead atoms. The van der Waals surface area contributed by atoms with Crippen molar-refractivity contribution >= 4 is 52.0 Å². The monoisotopic (exact) mass is 307 g/mol. The Morgan fingerprint density at radius 1 is 1.61 bits per heavy atom. The Kier molecular flexibility index (Phi) is 4.99. The van der Waals surface area contributed by atoms with Crippen molar-refractivity contribution < 1.29 is 13.9 Å². The van der Waals surface area contributed by atoms with Crippen LogP contribution in [0.1, 0.15) is 25.6 Å². The Balaban J connectivity index is 2.90. The summed E-state index contributed by atoms with van der Waals surface area (Å²) in [5.74, 6) is -0.469. The minimum Gasteiger partial charge on any atom is -0.460 e. The number of hydrogen-bond acceptors (Lipinski definition) is 5. The second-order valence-corrected chi connectivity index (χ2v) is 6.04. The number of halogens is 2. The van der Waals surface area contributed by atoms with Gasteiger partial charge >= 0.3 is 5.97 Å². The van der Waals surface area contributed by atoms with Crippen LogP contribution in [0.4, 0.5) is 10.1 Å². The van der Waals surface area contributed by atoms with Gasteiger partial charge in [-0.1, -0.05) is 11.6 Å². The molecule has 1 aromatic rings. The van der Waals surface area contributed by atoms with Crippen molar-refractivity contribution in [1.29, 1.82) is 0 Å². The molecule has 1 rings (SSSR count). The number of nitrogens with zero attached hydrogens (tertiary/aromatic N) is 1.